The average molecular weight is 278 g/mol. The number of carbonyl (C=O) groups is 1. The Bertz CT molecular complexity index is 490. The second kappa shape index (κ2) is 6.13. The second-order valence-corrected chi connectivity index (χ2v) is 4.94. The summed E-state index contributed by atoms with van der Waals surface area (Å²) < 4.78 is 10.6. The fourth-order valence-corrected chi connectivity index (χ4v) is 2.81. The summed E-state index contributed by atoms with van der Waals surface area (Å²) in [4.78, 5) is 13.9. The van der Waals surface area contributed by atoms with Crippen LogP contribution < -0.4 is 15.2 Å². The zero-order valence-corrected chi connectivity index (χ0v) is 12.3. The molecule has 5 heteroatoms. The maximum atomic E-state index is 12.0. The van der Waals surface area contributed by atoms with Crippen molar-refractivity contribution in [2.45, 2.75) is 31.8 Å². The van der Waals surface area contributed by atoms with Crippen LogP contribution in [0.1, 0.15) is 31.4 Å². The molecule has 2 rings (SSSR count). The van der Waals surface area contributed by atoms with E-state index in [1.807, 2.05) is 30.0 Å². The van der Waals surface area contributed by atoms with E-state index in [-0.39, 0.29) is 18.0 Å². The molecule has 1 fully saturated rings. The number of nitrogens with two attached hydrogens (primary N) is 1. The number of hydrogen-bond acceptors (Lipinski definition) is 4. The lowest BCUT2D eigenvalue weighted by Crippen LogP contribution is -2.48. The van der Waals surface area contributed by atoms with Gasteiger partial charge in [-0.2, -0.15) is 0 Å². The summed E-state index contributed by atoms with van der Waals surface area (Å²) in [6.45, 7) is 2.63. The SMILES string of the molecule is CCN1C(=O)CCC(N)C1c1ccc(OC)c(OC)c1. The van der Waals surface area contributed by atoms with E-state index in [2.05, 4.69) is 0 Å². The maximum Gasteiger partial charge on any atom is 0.223 e. The molecule has 5 nitrogen and oxygen atoms in total. The molecular weight excluding hydrogens is 256 g/mol. The summed E-state index contributed by atoms with van der Waals surface area (Å²) in [6, 6.07) is 5.57. The van der Waals surface area contributed by atoms with Crippen molar-refractivity contribution in [3.05, 3.63) is 23.8 Å². The number of methoxy groups -OCH3 is 2. The quantitative estimate of drug-likeness (QED) is 0.910. The zero-order valence-electron chi connectivity index (χ0n) is 12.3. The minimum atomic E-state index is -0.0962. The summed E-state index contributed by atoms with van der Waals surface area (Å²) in [5, 5.41) is 0. The van der Waals surface area contributed by atoms with Crippen LogP contribution in [0.5, 0.6) is 11.5 Å². The molecule has 0 bridgehead atoms. The molecule has 1 aromatic rings. The van der Waals surface area contributed by atoms with Gasteiger partial charge in [-0.3, -0.25) is 4.79 Å². The first-order valence-electron chi connectivity index (χ1n) is 6.89. The molecule has 1 aromatic carbocycles. The molecular formula is C15H22N2O3. The highest BCUT2D eigenvalue weighted by atomic mass is 16.5. The summed E-state index contributed by atoms with van der Waals surface area (Å²) in [6.07, 6.45) is 1.24. The van der Waals surface area contributed by atoms with Crippen LogP contribution in [-0.2, 0) is 4.79 Å². The van der Waals surface area contributed by atoms with Gasteiger partial charge in [0.05, 0.1) is 20.3 Å². The van der Waals surface area contributed by atoms with Gasteiger partial charge in [-0.1, -0.05) is 6.07 Å². The van der Waals surface area contributed by atoms with Gasteiger partial charge in [0.2, 0.25) is 5.91 Å². The number of hydrogen-bond donors (Lipinski definition) is 1. The van der Waals surface area contributed by atoms with Gasteiger partial charge >= 0.3 is 0 Å². The minimum Gasteiger partial charge on any atom is -0.493 e. The first kappa shape index (κ1) is 14.7. The number of ether oxygens (including phenoxy) is 2. The minimum absolute atomic E-state index is 0.0502. The third kappa shape index (κ3) is 2.58. The highest BCUT2D eigenvalue weighted by Gasteiger charge is 2.34. The first-order valence-corrected chi connectivity index (χ1v) is 6.89. The van der Waals surface area contributed by atoms with Crippen molar-refractivity contribution in [3.8, 4) is 11.5 Å². The number of nitrogens with zero attached hydrogens (tertiary/aromatic N) is 1. The van der Waals surface area contributed by atoms with E-state index in [4.69, 9.17) is 15.2 Å². The number of likely N-dealkylation sites (N-methyl/N-ethyl adjacent to an activating group) is 1. The molecule has 0 saturated carbocycles. The van der Waals surface area contributed by atoms with Gasteiger partial charge in [0, 0.05) is 19.0 Å². The van der Waals surface area contributed by atoms with Gasteiger partial charge in [0.1, 0.15) is 0 Å². The van der Waals surface area contributed by atoms with Crippen LogP contribution in [0.15, 0.2) is 18.2 Å². The number of rotatable bonds is 4. The molecule has 0 aliphatic carbocycles. The van der Waals surface area contributed by atoms with Crippen LogP contribution in [0.25, 0.3) is 0 Å². The van der Waals surface area contributed by atoms with Gasteiger partial charge in [-0.15, -0.1) is 0 Å². The third-order valence-corrected chi connectivity index (χ3v) is 3.84. The van der Waals surface area contributed by atoms with Crippen LogP contribution >= 0.6 is 0 Å². The fraction of sp³-hybridized carbons (Fsp3) is 0.533. The van der Waals surface area contributed by atoms with E-state index in [9.17, 15) is 4.79 Å². The van der Waals surface area contributed by atoms with Crippen LogP contribution in [0.3, 0.4) is 0 Å². The Morgan fingerprint density at radius 2 is 2.00 bits per heavy atom. The van der Waals surface area contributed by atoms with E-state index in [0.717, 1.165) is 5.56 Å². The van der Waals surface area contributed by atoms with Crippen molar-refractivity contribution in [2.24, 2.45) is 5.73 Å². The Hall–Kier alpha value is -1.75. The molecule has 0 spiro atoms. The predicted molar refractivity (Wildman–Crippen MR) is 76.9 cm³/mol. The van der Waals surface area contributed by atoms with Gasteiger partial charge in [0.15, 0.2) is 11.5 Å². The maximum absolute atomic E-state index is 12.0. The van der Waals surface area contributed by atoms with Crippen LogP contribution in [0.4, 0.5) is 0 Å². The molecule has 1 aliphatic rings. The monoisotopic (exact) mass is 278 g/mol. The Labute approximate surface area is 119 Å². The Balaban J connectivity index is 2.39. The van der Waals surface area contributed by atoms with Crippen molar-refractivity contribution >= 4 is 5.91 Å². The molecule has 110 valence electrons. The molecule has 2 unspecified atom stereocenters. The van der Waals surface area contributed by atoms with E-state index in [0.29, 0.717) is 30.9 Å². The molecule has 2 atom stereocenters. The van der Waals surface area contributed by atoms with Crippen LogP contribution in [-0.4, -0.2) is 37.6 Å². The summed E-state index contributed by atoms with van der Waals surface area (Å²) in [5.41, 5.74) is 7.23. The molecule has 20 heavy (non-hydrogen) atoms. The molecule has 1 aliphatic heterocycles. The Morgan fingerprint density at radius 1 is 1.30 bits per heavy atom. The smallest absolute Gasteiger partial charge is 0.223 e. The lowest BCUT2D eigenvalue weighted by Gasteiger charge is -2.39. The van der Waals surface area contributed by atoms with Gasteiger partial charge in [-0.25, -0.2) is 0 Å². The number of carbonyl (C=O) groups excluding carboxylic acids is 1. The average Bonchev–Trinajstić information content (AvgIpc) is 2.48. The second-order valence-electron chi connectivity index (χ2n) is 4.94. The lowest BCUT2D eigenvalue weighted by molar-refractivity contribution is -0.137. The van der Waals surface area contributed by atoms with E-state index < -0.39 is 0 Å². The van der Waals surface area contributed by atoms with E-state index >= 15 is 0 Å². The predicted octanol–water partition coefficient (Wildman–Crippen LogP) is 1.71. The lowest BCUT2D eigenvalue weighted by atomic mass is 9.90. The highest BCUT2D eigenvalue weighted by Crippen LogP contribution is 2.35. The van der Waals surface area contributed by atoms with Crippen molar-refractivity contribution in [3.63, 3.8) is 0 Å². The standard InChI is InChI=1S/C15H22N2O3/c1-4-17-14(18)8-6-11(16)15(17)10-5-7-12(19-2)13(9-10)20-3/h5,7,9,11,15H,4,6,8,16H2,1-3H3. The van der Waals surface area contributed by atoms with Crippen LogP contribution in [0, 0.1) is 0 Å². The van der Waals surface area contributed by atoms with Crippen molar-refractivity contribution in [1.29, 1.82) is 0 Å². The summed E-state index contributed by atoms with van der Waals surface area (Å²) in [7, 11) is 3.21. The highest BCUT2D eigenvalue weighted by molar-refractivity contribution is 5.78. The Morgan fingerprint density at radius 3 is 2.60 bits per heavy atom. The fourth-order valence-electron chi connectivity index (χ4n) is 2.81. The number of piperidine rings is 1. The van der Waals surface area contributed by atoms with Crippen molar-refractivity contribution in [1.82, 2.24) is 4.90 Å². The van der Waals surface area contributed by atoms with Gasteiger partial charge < -0.3 is 20.1 Å². The van der Waals surface area contributed by atoms with E-state index in [1.54, 1.807) is 14.2 Å². The van der Waals surface area contributed by atoms with Crippen molar-refractivity contribution < 1.29 is 14.3 Å². The number of benzene rings is 1. The molecule has 0 radical (unpaired) electrons. The molecule has 1 saturated heterocycles. The molecule has 1 heterocycles. The number of likely N-dealkylation sites (tertiary alicyclic amines) is 1. The van der Waals surface area contributed by atoms with Gasteiger partial charge in [-0.05, 0) is 31.0 Å². The normalized spacial score (nSPS) is 22.8. The third-order valence-electron chi connectivity index (χ3n) is 3.84. The largest absolute Gasteiger partial charge is 0.493 e. The number of amides is 1. The van der Waals surface area contributed by atoms with Crippen LogP contribution in [0.2, 0.25) is 0 Å². The van der Waals surface area contributed by atoms with E-state index in [1.165, 1.54) is 0 Å². The molecule has 1 amide bonds. The molecule has 2 N–H and O–H groups in total. The topological polar surface area (TPSA) is 64.8 Å². The van der Waals surface area contributed by atoms with Crippen molar-refractivity contribution in [2.75, 3.05) is 20.8 Å². The Kier molecular flexibility index (Phi) is 4.49. The molecule has 0 aromatic heterocycles. The zero-order chi connectivity index (χ0) is 14.7. The summed E-state index contributed by atoms with van der Waals surface area (Å²) >= 11 is 0. The van der Waals surface area contributed by atoms with Gasteiger partial charge in [0.25, 0.3) is 0 Å². The first-order chi connectivity index (χ1) is 9.62. The summed E-state index contributed by atoms with van der Waals surface area (Å²) in [5.74, 6) is 1.50.